The van der Waals surface area contributed by atoms with E-state index in [0.29, 0.717) is 0 Å². The maximum atomic E-state index is 5.54. The zero-order valence-corrected chi connectivity index (χ0v) is 13.9. The van der Waals surface area contributed by atoms with Crippen LogP contribution in [0.5, 0.6) is 0 Å². The summed E-state index contributed by atoms with van der Waals surface area (Å²) >= 11 is 0. The molecule has 0 unspecified atom stereocenters. The van der Waals surface area contributed by atoms with Gasteiger partial charge in [0.1, 0.15) is 0 Å². The third-order valence-corrected chi connectivity index (χ3v) is 3.15. The predicted molar refractivity (Wildman–Crippen MR) is 91.1 cm³/mol. The summed E-state index contributed by atoms with van der Waals surface area (Å²) < 4.78 is 11.1. The largest absolute Gasteiger partial charge is 0.353 e. The molecule has 0 N–H and O–H groups in total. The zero-order valence-electron chi connectivity index (χ0n) is 13.9. The van der Waals surface area contributed by atoms with E-state index in [1.165, 1.54) is 38.5 Å². The van der Waals surface area contributed by atoms with Gasteiger partial charge >= 0.3 is 0 Å². The molecule has 0 rings (SSSR count). The number of hydrogen-bond acceptors (Lipinski definition) is 2. The molecule has 0 aromatic rings. The van der Waals surface area contributed by atoms with Crippen molar-refractivity contribution < 1.29 is 9.47 Å². The standard InChI is InChI=1S/C19H32O2/c1-4-7-8-9-10-11-12-13-14-15-16-17-18-19(20-5-2)21-6-3/h4,9-10,19H,1,5-6,11-18H2,2-3H3/b10-9-. The Hall–Kier alpha value is -1.04. The van der Waals surface area contributed by atoms with Gasteiger partial charge in [-0.3, -0.25) is 0 Å². The van der Waals surface area contributed by atoms with Crippen molar-refractivity contribution in [2.75, 3.05) is 13.2 Å². The van der Waals surface area contributed by atoms with Crippen LogP contribution in [0, 0.1) is 11.8 Å². The van der Waals surface area contributed by atoms with Gasteiger partial charge in [0.2, 0.25) is 0 Å². The monoisotopic (exact) mass is 292 g/mol. The van der Waals surface area contributed by atoms with Crippen LogP contribution in [0.2, 0.25) is 0 Å². The first-order chi connectivity index (χ1) is 10.3. The summed E-state index contributed by atoms with van der Waals surface area (Å²) in [6.07, 6.45) is 15.5. The second-order valence-electron chi connectivity index (χ2n) is 4.93. The van der Waals surface area contributed by atoms with Gasteiger partial charge in [-0.2, -0.15) is 0 Å². The van der Waals surface area contributed by atoms with Gasteiger partial charge in [0.05, 0.1) is 0 Å². The quantitative estimate of drug-likeness (QED) is 0.262. The lowest BCUT2D eigenvalue weighted by Gasteiger charge is -2.16. The van der Waals surface area contributed by atoms with E-state index in [4.69, 9.17) is 9.47 Å². The van der Waals surface area contributed by atoms with E-state index in [1.807, 2.05) is 19.9 Å². The highest BCUT2D eigenvalue weighted by molar-refractivity contribution is 5.21. The van der Waals surface area contributed by atoms with Crippen LogP contribution in [-0.2, 0) is 9.47 Å². The molecule has 2 nitrogen and oxygen atoms in total. The second kappa shape index (κ2) is 17.0. The van der Waals surface area contributed by atoms with E-state index >= 15 is 0 Å². The maximum Gasteiger partial charge on any atom is 0.157 e. The van der Waals surface area contributed by atoms with Crippen molar-refractivity contribution in [1.82, 2.24) is 0 Å². The van der Waals surface area contributed by atoms with Crippen LogP contribution in [0.15, 0.2) is 24.8 Å². The maximum absolute atomic E-state index is 5.54. The van der Waals surface area contributed by atoms with Crippen LogP contribution in [0.25, 0.3) is 0 Å². The summed E-state index contributed by atoms with van der Waals surface area (Å²) in [5.74, 6) is 5.72. The van der Waals surface area contributed by atoms with Crippen molar-refractivity contribution in [2.45, 2.75) is 71.5 Å². The Morgan fingerprint density at radius 1 is 0.905 bits per heavy atom. The second-order valence-corrected chi connectivity index (χ2v) is 4.93. The molecule has 0 fully saturated rings. The molecule has 0 atom stereocenters. The van der Waals surface area contributed by atoms with Crippen LogP contribution in [-0.4, -0.2) is 19.5 Å². The molecule has 0 aromatic heterocycles. The summed E-state index contributed by atoms with van der Waals surface area (Å²) in [6, 6.07) is 0. The molecule has 21 heavy (non-hydrogen) atoms. The third-order valence-electron chi connectivity index (χ3n) is 3.15. The molecule has 0 saturated heterocycles. The van der Waals surface area contributed by atoms with Crippen LogP contribution < -0.4 is 0 Å². The lowest BCUT2D eigenvalue weighted by molar-refractivity contribution is -0.140. The van der Waals surface area contributed by atoms with Crippen LogP contribution >= 0.6 is 0 Å². The highest BCUT2D eigenvalue weighted by Gasteiger charge is 2.06. The first-order valence-electron chi connectivity index (χ1n) is 8.35. The highest BCUT2D eigenvalue weighted by Crippen LogP contribution is 2.12. The lowest BCUT2D eigenvalue weighted by Crippen LogP contribution is -2.17. The molecule has 0 radical (unpaired) electrons. The number of hydrogen-bond donors (Lipinski definition) is 0. The van der Waals surface area contributed by atoms with E-state index in [2.05, 4.69) is 24.5 Å². The van der Waals surface area contributed by atoms with Crippen molar-refractivity contribution in [3.05, 3.63) is 24.8 Å². The van der Waals surface area contributed by atoms with E-state index in [1.54, 1.807) is 6.08 Å². The van der Waals surface area contributed by atoms with Gasteiger partial charge in [0.25, 0.3) is 0 Å². The molecule has 0 saturated carbocycles. The molecule has 0 heterocycles. The van der Waals surface area contributed by atoms with Crippen molar-refractivity contribution >= 4 is 0 Å². The Morgan fingerprint density at radius 2 is 1.52 bits per heavy atom. The molecular weight excluding hydrogens is 260 g/mol. The smallest absolute Gasteiger partial charge is 0.157 e. The third kappa shape index (κ3) is 15.2. The van der Waals surface area contributed by atoms with Gasteiger partial charge < -0.3 is 9.47 Å². The molecule has 0 spiro atoms. The first-order valence-corrected chi connectivity index (χ1v) is 8.35. The first kappa shape index (κ1) is 20.0. The van der Waals surface area contributed by atoms with Crippen molar-refractivity contribution in [1.29, 1.82) is 0 Å². The Balaban J connectivity index is 3.35. The van der Waals surface area contributed by atoms with E-state index in [9.17, 15) is 0 Å². The average Bonchev–Trinajstić information content (AvgIpc) is 2.48. The van der Waals surface area contributed by atoms with Gasteiger partial charge in [0, 0.05) is 13.2 Å². The molecule has 120 valence electrons. The van der Waals surface area contributed by atoms with Gasteiger partial charge in [-0.05, 0) is 51.7 Å². The molecule has 0 aliphatic heterocycles. The van der Waals surface area contributed by atoms with E-state index in [0.717, 1.165) is 26.1 Å². The Bertz CT molecular complexity index is 303. The molecule has 2 heteroatoms. The van der Waals surface area contributed by atoms with Gasteiger partial charge in [-0.15, -0.1) is 0 Å². The number of rotatable bonds is 13. The van der Waals surface area contributed by atoms with E-state index < -0.39 is 0 Å². The average molecular weight is 292 g/mol. The highest BCUT2D eigenvalue weighted by atomic mass is 16.7. The summed E-state index contributed by atoms with van der Waals surface area (Å²) in [5.41, 5.74) is 0. The molecular formula is C19H32O2. The molecule has 0 amide bonds. The van der Waals surface area contributed by atoms with E-state index in [-0.39, 0.29) is 6.29 Å². The zero-order chi connectivity index (χ0) is 15.6. The minimum absolute atomic E-state index is 0.00168. The van der Waals surface area contributed by atoms with Gasteiger partial charge in [-0.1, -0.05) is 50.2 Å². The number of allylic oxidation sites excluding steroid dienone is 3. The number of ether oxygens (including phenoxy) is 2. The predicted octanol–water partition coefficient (Wildman–Crippen LogP) is 5.25. The fourth-order valence-corrected chi connectivity index (χ4v) is 2.12. The van der Waals surface area contributed by atoms with Crippen molar-refractivity contribution in [3.8, 4) is 11.8 Å². The Kier molecular flexibility index (Phi) is 16.2. The SMILES string of the molecule is C=CC#C/C=C\CCCCCCCCC(OCC)OCC. The summed E-state index contributed by atoms with van der Waals surface area (Å²) in [6.45, 7) is 9.05. The van der Waals surface area contributed by atoms with Crippen molar-refractivity contribution in [3.63, 3.8) is 0 Å². The molecule has 0 bridgehead atoms. The molecule has 0 aliphatic rings. The summed E-state index contributed by atoms with van der Waals surface area (Å²) in [4.78, 5) is 0. The Labute approximate surface area is 131 Å². The van der Waals surface area contributed by atoms with Gasteiger partial charge in [0.15, 0.2) is 6.29 Å². The summed E-state index contributed by atoms with van der Waals surface area (Å²) in [7, 11) is 0. The fraction of sp³-hybridized carbons (Fsp3) is 0.684. The topological polar surface area (TPSA) is 18.5 Å². The normalized spacial score (nSPS) is 10.8. The minimum Gasteiger partial charge on any atom is -0.353 e. The molecule has 0 aromatic carbocycles. The summed E-state index contributed by atoms with van der Waals surface area (Å²) in [5, 5.41) is 0. The van der Waals surface area contributed by atoms with Crippen molar-refractivity contribution in [2.24, 2.45) is 0 Å². The number of unbranched alkanes of at least 4 members (excludes halogenated alkanes) is 6. The molecule has 0 aliphatic carbocycles. The lowest BCUT2D eigenvalue weighted by atomic mass is 10.1. The van der Waals surface area contributed by atoms with Crippen LogP contribution in [0.3, 0.4) is 0 Å². The van der Waals surface area contributed by atoms with Gasteiger partial charge in [-0.25, -0.2) is 0 Å². The fourth-order valence-electron chi connectivity index (χ4n) is 2.12. The van der Waals surface area contributed by atoms with Crippen LogP contribution in [0.4, 0.5) is 0 Å². The Morgan fingerprint density at radius 3 is 2.14 bits per heavy atom. The van der Waals surface area contributed by atoms with Crippen LogP contribution in [0.1, 0.15) is 65.2 Å². The minimum atomic E-state index is 0.00168.